The average Bonchev–Trinajstić information content (AvgIpc) is 2.39. The number of H-pyrrole nitrogens is 1. The molecular weight excluding hydrogens is 230 g/mol. The van der Waals surface area contributed by atoms with Crippen molar-refractivity contribution in [1.82, 2.24) is 4.98 Å². The Hall–Kier alpha value is -2.62. The standard InChI is InChI=1S/C14H9NO3/c16-11-5-6-15-8-10(11)14-7-12(17)9-3-1-2-4-13(9)18-14/h1-8H,(H,15,16). The first kappa shape index (κ1) is 10.5. The summed E-state index contributed by atoms with van der Waals surface area (Å²) in [6.07, 6.45) is 3.06. The lowest BCUT2D eigenvalue weighted by Crippen LogP contribution is -2.06. The minimum Gasteiger partial charge on any atom is -0.456 e. The van der Waals surface area contributed by atoms with Gasteiger partial charge < -0.3 is 9.40 Å². The van der Waals surface area contributed by atoms with E-state index in [0.29, 0.717) is 16.5 Å². The van der Waals surface area contributed by atoms with E-state index in [1.54, 1.807) is 24.3 Å². The Kier molecular flexibility index (Phi) is 2.34. The van der Waals surface area contributed by atoms with E-state index in [1.807, 2.05) is 0 Å². The summed E-state index contributed by atoms with van der Waals surface area (Å²) in [6.45, 7) is 0. The molecule has 3 aromatic rings. The van der Waals surface area contributed by atoms with Gasteiger partial charge in [0.1, 0.15) is 11.3 Å². The molecule has 0 saturated heterocycles. The monoisotopic (exact) mass is 239 g/mol. The number of aromatic amines is 1. The molecule has 3 rings (SSSR count). The highest BCUT2D eigenvalue weighted by atomic mass is 16.3. The highest BCUT2D eigenvalue weighted by Crippen LogP contribution is 2.18. The summed E-state index contributed by atoms with van der Waals surface area (Å²) in [7, 11) is 0. The molecule has 0 aliphatic rings. The van der Waals surface area contributed by atoms with Crippen LogP contribution in [0, 0.1) is 0 Å². The first-order valence-electron chi connectivity index (χ1n) is 5.46. The maximum Gasteiger partial charge on any atom is 0.193 e. The van der Waals surface area contributed by atoms with Crippen molar-refractivity contribution in [1.29, 1.82) is 0 Å². The number of pyridine rings is 1. The largest absolute Gasteiger partial charge is 0.456 e. The van der Waals surface area contributed by atoms with Gasteiger partial charge in [-0.2, -0.15) is 0 Å². The van der Waals surface area contributed by atoms with E-state index in [0.717, 1.165) is 0 Å². The van der Waals surface area contributed by atoms with E-state index in [4.69, 9.17) is 4.42 Å². The highest BCUT2D eigenvalue weighted by Gasteiger charge is 2.08. The highest BCUT2D eigenvalue weighted by molar-refractivity contribution is 5.78. The van der Waals surface area contributed by atoms with Crippen LogP contribution in [-0.4, -0.2) is 4.98 Å². The number of benzene rings is 1. The SMILES string of the molecule is O=c1cc[nH]cc1-c1cc(=O)c2ccccc2o1. The minimum atomic E-state index is -0.188. The molecule has 2 aromatic heterocycles. The van der Waals surface area contributed by atoms with Crippen LogP contribution < -0.4 is 10.9 Å². The molecule has 0 aliphatic carbocycles. The molecule has 18 heavy (non-hydrogen) atoms. The first-order valence-corrected chi connectivity index (χ1v) is 5.46. The minimum absolute atomic E-state index is 0.157. The van der Waals surface area contributed by atoms with Crippen LogP contribution in [0.2, 0.25) is 0 Å². The van der Waals surface area contributed by atoms with Crippen molar-refractivity contribution in [2.75, 3.05) is 0 Å². The Labute approximate surface area is 102 Å². The fourth-order valence-electron chi connectivity index (χ4n) is 1.85. The maximum absolute atomic E-state index is 11.9. The predicted octanol–water partition coefficient (Wildman–Crippen LogP) is 2.15. The fourth-order valence-corrected chi connectivity index (χ4v) is 1.85. The molecule has 0 spiro atoms. The molecule has 4 heteroatoms. The topological polar surface area (TPSA) is 63.1 Å². The molecule has 0 aliphatic heterocycles. The van der Waals surface area contributed by atoms with Gasteiger partial charge in [0.25, 0.3) is 0 Å². The molecule has 0 bridgehead atoms. The van der Waals surface area contributed by atoms with E-state index in [2.05, 4.69) is 4.98 Å². The molecule has 0 saturated carbocycles. The number of rotatable bonds is 1. The first-order chi connectivity index (χ1) is 8.75. The van der Waals surface area contributed by atoms with Crippen LogP contribution in [0.25, 0.3) is 22.3 Å². The summed E-state index contributed by atoms with van der Waals surface area (Å²) in [6, 6.07) is 9.69. The van der Waals surface area contributed by atoms with Crippen molar-refractivity contribution in [3.8, 4) is 11.3 Å². The van der Waals surface area contributed by atoms with E-state index in [-0.39, 0.29) is 16.6 Å². The summed E-state index contributed by atoms with van der Waals surface area (Å²) in [5.41, 5.74) is 0.478. The van der Waals surface area contributed by atoms with E-state index in [9.17, 15) is 9.59 Å². The van der Waals surface area contributed by atoms with Crippen molar-refractivity contribution in [2.45, 2.75) is 0 Å². The van der Waals surface area contributed by atoms with Crippen LogP contribution in [0.5, 0.6) is 0 Å². The van der Waals surface area contributed by atoms with Crippen LogP contribution in [0.1, 0.15) is 0 Å². The molecule has 0 unspecified atom stereocenters. The van der Waals surface area contributed by atoms with Crippen LogP contribution in [0.3, 0.4) is 0 Å². The molecule has 0 amide bonds. The molecule has 1 N–H and O–H groups in total. The third kappa shape index (κ3) is 1.64. The second-order valence-corrected chi connectivity index (χ2v) is 3.89. The Morgan fingerprint density at radius 2 is 1.83 bits per heavy atom. The van der Waals surface area contributed by atoms with Gasteiger partial charge in [-0.15, -0.1) is 0 Å². The van der Waals surface area contributed by atoms with Gasteiger partial charge in [0.05, 0.1) is 10.9 Å². The molecule has 0 fully saturated rings. The van der Waals surface area contributed by atoms with Gasteiger partial charge in [0.15, 0.2) is 10.9 Å². The van der Waals surface area contributed by atoms with Crippen molar-refractivity contribution in [3.05, 3.63) is 69.2 Å². The zero-order chi connectivity index (χ0) is 12.5. The zero-order valence-electron chi connectivity index (χ0n) is 9.34. The number of fused-ring (bicyclic) bond motifs is 1. The van der Waals surface area contributed by atoms with Gasteiger partial charge in [0.2, 0.25) is 0 Å². The van der Waals surface area contributed by atoms with Gasteiger partial charge in [-0.3, -0.25) is 9.59 Å². The number of aromatic nitrogens is 1. The Morgan fingerprint density at radius 1 is 1.00 bits per heavy atom. The van der Waals surface area contributed by atoms with Gasteiger partial charge in [0, 0.05) is 24.5 Å². The molecule has 0 atom stereocenters. The molecule has 88 valence electrons. The number of hydrogen-bond donors (Lipinski definition) is 1. The van der Waals surface area contributed by atoms with Crippen molar-refractivity contribution >= 4 is 11.0 Å². The third-order valence-corrected chi connectivity index (χ3v) is 2.72. The number of nitrogens with one attached hydrogen (secondary N) is 1. The second kappa shape index (κ2) is 4.00. The Bertz CT molecular complexity index is 830. The molecule has 2 heterocycles. The maximum atomic E-state index is 11.9. The summed E-state index contributed by atoms with van der Waals surface area (Å²) in [5.74, 6) is 0.278. The summed E-state index contributed by atoms with van der Waals surface area (Å²) in [5, 5.41) is 0.508. The van der Waals surface area contributed by atoms with Crippen molar-refractivity contribution in [2.24, 2.45) is 0 Å². The van der Waals surface area contributed by atoms with Crippen LogP contribution in [-0.2, 0) is 0 Å². The van der Waals surface area contributed by atoms with Crippen LogP contribution >= 0.6 is 0 Å². The zero-order valence-corrected chi connectivity index (χ0v) is 9.34. The molecule has 1 aromatic carbocycles. The summed E-state index contributed by atoms with van der Waals surface area (Å²) >= 11 is 0. The quantitative estimate of drug-likeness (QED) is 0.707. The van der Waals surface area contributed by atoms with E-state index < -0.39 is 0 Å². The lowest BCUT2D eigenvalue weighted by molar-refractivity contribution is 0.618. The molecular formula is C14H9NO3. The van der Waals surface area contributed by atoms with Crippen LogP contribution in [0.4, 0.5) is 0 Å². The lowest BCUT2D eigenvalue weighted by Gasteiger charge is -2.01. The lowest BCUT2D eigenvalue weighted by atomic mass is 10.1. The summed E-state index contributed by atoms with van der Waals surface area (Å²) < 4.78 is 5.59. The molecule has 4 nitrogen and oxygen atoms in total. The number of para-hydroxylation sites is 1. The average molecular weight is 239 g/mol. The third-order valence-electron chi connectivity index (χ3n) is 2.72. The normalized spacial score (nSPS) is 10.7. The Morgan fingerprint density at radius 3 is 2.67 bits per heavy atom. The molecule has 0 radical (unpaired) electrons. The van der Waals surface area contributed by atoms with Gasteiger partial charge in [-0.05, 0) is 12.1 Å². The smallest absolute Gasteiger partial charge is 0.193 e. The predicted molar refractivity (Wildman–Crippen MR) is 68.5 cm³/mol. The van der Waals surface area contributed by atoms with E-state index >= 15 is 0 Å². The van der Waals surface area contributed by atoms with Gasteiger partial charge >= 0.3 is 0 Å². The van der Waals surface area contributed by atoms with Crippen molar-refractivity contribution < 1.29 is 4.42 Å². The fraction of sp³-hybridized carbons (Fsp3) is 0. The van der Waals surface area contributed by atoms with E-state index in [1.165, 1.54) is 24.5 Å². The van der Waals surface area contributed by atoms with Crippen molar-refractivity contribution in [3.63, 3.8) is 0 Å². The van der Waals surface area contributed by atoms with Gasteiger partial charge in [-0.1, -0.05) is 12.1 Å². The summed E-state index contributed by atoms with van der Waals surface area (Å²) in [4.78, 5) is 26.4. The van der Waals surface area contributed by atoms with Gasteiger partial charge in [-0.25, -0.2) is 0 Å². The number of hydrogen-bond acceptors (Lipinski definition) is 3. The second-order valence-electron chi connectivity index (χ2n) is 3.89. The van der Waals surface area contributed by atoms with Crippen LogP contribution in [0.15, 0.2) is 62.8 Å². The Balaban J connectivity index is 2.36.